The maximum Gasteiger partial charge on any atom is 0.230 e. The number of hydrogen-bond donors (Lipinski definition) is 1. The maximum absolute atomic E-state index is 13.0. The zero-order valence-corrected chi connectivity index (χ0v) is 16.6. The van der Waals surface area contributed by atoms with Crippen LogP contribution >= 0.6 is 0 Å². The zero-order chi connectivity index (χ0) is 19.2. The predicted octanol–water partition coefficient (Wildman–Crippen LogP) is 2.11. The lowest BCUT2D eigenvalue weighted by Crippen LogP contribution is -2.54. The van der Waals surface area contributed by atoms with Gasteiger partial charge < -0.3 is 20.1 Å². The van der Waals surface area contributed by atoms with E-state index in [1.165, 1.54) is 0 Å². The highest BCUT2D eigenvalue weighted by Gasteiger charge is 2.37. The Morgan fingerprint density at radius 3 is 2.27 bits per heavy atom. The molecule has 1 heterocycles. The first kappa shape index (κ1) is 20.5. The number of nitrogens with two attached hydrogens (primary N) is 1. The summed E-state index contributed by atoms with van der Waals surface area (Å²) in [4.78, 5) is 17.3. The largest absolute Gasteiger partial charge is 0.497 e. The number of ether oxygens (including phenoxy) is 2. The first-order chi connectivity index (χ1) is 12.5. The molecule has 1 amide bonds. The minimum Gasteiger partial charge on any atom is -0.497 e. The molecule has 1 saturated heterocycles. The van der Waals surface area contributed by atoms with Gasteiger partial charge in [-0.05, 0) is 31.0 Å². The monoisotopic (exact) mass is 363 g/mol. The first-order valence-electron chi connectivity index (χ1n) is 9.46. The first-order valence-corrected chi connectivity index (χ1v) is 9.46. The molecule has 1 aliphatic rings. The van der Waals surface area contributed by atoms with Crippen LogP contribution in [0.25, 0.3) is 0 Å². The van der Waals surface area contributed by atoms with Crippen LogP contribution in [0.15, 0.2) is 18.2 Å². The average molecular weight is 364 g/mol. The number of carbonyl (C=O) groups is 1. The molecular weight excluding hydrogens is 330 g/mol. The summed E-state index contributed by atoms with van der Waals surface area (Å²) >= 11 is 0. The van der Waals surface area contributed by atoms with Crippen molar-refractivity contribution < 1.29 is 14.3 Å². The summed E-state index contributed by atoms with van der Waals surface area (Å²) in [5, 5.41) is 0. The molecule has 0 spiro atoms. The standard InChI is InChI=1S/C20H33N3O3/c1-5-20(6-2,15-21)19(24)23-11-9-22(10-12-23)14-16-13-17(25-3)7-8-18(16)26-4/h7-8,13H,5-6,9-12,14-15,21H2,1-4H3. The third kappa shape index (κ3) is 4.30. The molecule has 0 bridgehead atoms. The molecule has 2 rings (SSSR count). The zero-order valence-electron chi connectivity index (χ0n) is 16.6. The van der Waals surface area contributed by atoms with E-state index in [1.54, 1.807) is 14.2 Å². The fourth-order valence-corrected chi connectivity index (χ4v) is 3.62. The van der Waals surface area contributed by atoms with Gasteiger partial charge in [-0.1, -0.05) is 13.8 Å². The lowest BCUT2D eigenvalue weighted by Gasteiger charge is -2.40. The Kier molecular flexibility index (Phi) is 7.29. The number of methoxy groups -OCH3 is 2. The molecule has 26 heavy (non-hydrogen) atoms. The van der Waals surface area contributed by atoms with Gasteiger partial charge in [0.2, 0.25) is 5.91 Å². The molecule has 0 radical (unpaired) electrons. The van der Waals surface area contributed by atoms with Crippen LogP contribution in [0.3, 0.4) is 0 Å². The van der Waals surface area contributed by atoms with Gasteiger partial charge in [-0.15, -0.1) is 0 Å². The van der Waals surface area contributed by atoms with Crippen molar-refractivity contribution in [2.75, 3.05) is 46.9 Å². The summed E-state index contributed by atoms with van der Waals surface area (Å²) in [7, 11) is 3.35. The van der Waals surface area contributed by atoms with Gasteiger partial charge in [0.05, 0.1) is 19.6 Å². The van der Waals surface area contributed by atoms with Crippen molar-refractivity contribution >= 4 is 5.91 Å². The van der Waals surface area contributed by atoms with Gasteiger partial charge in [0.15, 0.2) is 0 Å². The van der Waals surface area contributed by atoms with Crippen molar-refractivity contribution in [2.45, 2.75) is 33.2 Å². The summed E-state index contributed by atoms with van der Waals surface area (Å²) in [6.45, 7) is 8.49. The molecule has 146 valence electrons. The minimum absolute atomic E-state index is 0.212. The number of nitrogens with zero attached hydrogens (tertiary/aromatic N) is 2. The van der Waals surface area contributed by atoms with Crippen LogP contribution in [-0.2, 0) is 11.3 Å². The van der Waals surface area contributed by atoms with E-state index in [4.69, 9.17) is 15.2 Å². The second-order valence-corrected chi connectivity index (χ2v) is 6.94. The summed E-state index contributed by atoms with van der Waals surface area (Å²) < 4.78 is 10.8. The Labute approximate surface area is 157 Å². The summed E-state index contributed by atoms with van der Waals surface area (Å²) in [5.74, 6) is 1.90. The smallest absolute Gasteiger partial charge is 0.230 e. The van der Waals surface area contributed by atoms with Gasteiger partial charge in [-0.3, -0.25) is 9.69 Å². The van der Waals surface area contributed by atoms with Crippen LogP contribution in [-0.4, -0.2) is 62.7 Å². The highest BCUT2D eigenvalue weighted by molar-refractivity contribution is 5.83. The molecule has 0 atom stereocenters. The van der Waals surface area contributed by atoms with Gasteiger partial charge in [-0.25, -0.2) is 0 Å². The van der Waals surface area contributed by atoms with Gasteiger partial charge in [-0.2, -0.15) is 0 Å². The Morgan fingerprint density at radius 2 is 1.77 bits per heavy atom. The van der Waals surface area contributed by atoms with Crippen molar-refractivity contribution in [3.8, 4) is 11.5 Å². The van der Waals surface area contributed by atoms with Crippen LogP contribution in [0.2, 0.25) is 0 Å². The number of rotatable bonds is 8. The molecule has 0 saturated carbocycles. The van der Waals surface area contributed by atoms with Crippen LogP contribution in [0, 0.1) is 5.41 Å². The lowest BCUT2D eigenvalue weighted by molar-refractivity contribution is -0.144. The van der Waals surface area contributed by atoms with E-state index >= 15 is 0 Å². The summed E-state index contributed by atoms with van der Waals surface area (Å²) in [6, 6.07) is 5.86. The Balaban J connectivity index is 2.00. The topological polar surface area (TPSA) is 68.0 Å². The molecule has 0 aromatic heterocycles. The highest BCUT2D eigenvalue weighted by Crippen LogP contribution is 2.29. The normalized spacial score (nSPS) is 15.8. The highest BCUT2D eigenvalue weighted by atomic mass is 16.5. The van der Waals surface area contributed by atoms with E-state index in [-0.39, 0.29) is 5.91 Å². The third-order valence-electron chi connectivity index (χ3n) is 5.74. The van der Waals surface area contributed by atoms with Crippen molar-refractivity contribution in [3.63, 3.8) is 0 Å². The summed E-state index contributed by atoms with van der Waals surface area (Å²) in [5.41, 5.74) is 6.64. The molecule has 2 N–H and O–H groups in total. The van der Waals surface area contributed by atoms with E-state index in [0.29, 0.717) is 6.54 Å². The molecule has 1 aromatic rings. The Bertz CT molecular complexity index is 586. The molecule has 1 aromatic carbocycles. The summed E-state index contributed by atoms with van der Waals surface area (Å²) in [6.07, 6.45) is 1.58. The van der Waals surface area contributed by atoms with E-state index in [2.05, 4.69) is 18.7 Å². The SMILES string of the molecule is CCC(CC)(CN)C(=O)N1CCN(Cc2cc(OC)ccc2OC)CC1. The average Bonchev–Trinajstić information content (AvgIpc) is 2.70. The Hall–Kier alpha value is -1.79. The van der Waals surface area contributed by atoms with Crippen LogP contribution in [0.4, 0.5) is 0 Å². The lowest BCUT2D eigenvalue weighted by atomic mass is 9.81. The predicted molar refractivity (Wildman–Crippen MR) is 103 cm³/mol. The maximum atomic E-state index is 13.0. The second kappa shape index (κ2) is 9.24. The van der Waals surface area contributed by atoms with E-state index in [0.717, 1.165) is 62.6 Å². The second-order valence-electron chi connectivity index (χ2n) is 6.94. The van der Waals surface area contributed by atoms with Crippen LogP contribution < -0.4 is 15.2 Å². The van der Waals surface area contributed by atoms with Gasteiger partial charge >= 0.3 is 0 Å². The minimum atomic E-state index is -0.405. The number of piperazine rings is 1. The fourth-order valence-electron chi connectivity index (χ4n) is 3.62. The molecule has 0 aliphatic carbocycles. The van der Waals surface area contributed by atoms with E-state index < -0.39 is 5.41 Å². The van der Waals surface area contributed by atoms with Gasteiger partial charge in [0, 0.05) is 44.8 Å². The van der Waals surface area contributed by atoms with Crippen LogP contribution in [0.1, 0.15) is 32.3 Å². The fraction of sp³-hybridized carbons (Fsp3) is 0.650. The Morgan fingerprint density at radius 1 is 1.12 bits per heavy atom. The number of benzene rings is 1. The van der Waals surface area contributed by atoms with Crippen molar-refractivity contribution in [3.05, 3.63) is 23.8 Å². The number of carbonyl (C=O) groups excluding carboxylic acids is 1. The van der Waals surface area contributed by atoms with Crippen LogP contribution in [0.5, 0.6) is 11.5 Å². The molecule has 1 aliphatic heterocycles. The molecule has 6 heteroatoms. The van der Waals surface area contributed by atoms with Crippen molar-refractivity contribution in [2.24, 2.45) is 11.1 Å². The van der Waals surface area contributed by atoms with E-state index in [1.807, 2.05) is 23.1 Å². The van der Waals surface area contributed by atoms with Gasteiger partial charge in [0.25, 0.3) is 0 Å². The third-order valence-corrected chi connectivity index (χ3v) is 5.74. The van der Waals surface area contributed by atoms with Crippen molar-refractivity contribution in [1.29, 1.82) is 0 Å². The molecule has 1 fully saturated rings. The van der Waals surface area contributed by atoms with Gasteiger partial charge in [0.1, 0.15) is 11.5 Å². The molecule has 0 unspecified atom stereocenters. The van der Waals surface area contributed by atoms with E-state index in [9.17, 15) is 4.79 Å². The van der Waals surface area contributed by atoms with Crippen molar-refractivity contribution in [1.82, 2.24) is 9.80 Å². The number of hydrogen-bond acceptors (Lipinski definition) is 5. The quantitative estimate of drug-likeness (QED) is 0.766. The number of amides is 1. The molecule has 6 nitrogen and oxygen atoms in total. The molecular formula is C20H33N3O3.